The molecule has 0 aliphatic heterocycles. The lowest BCUT2D eigenvalue weighted by atomic mass is 10.2. The quantitative estimate of drug-likeness (QED) is 0.616. The Morgan fingerprint density at radius 1 is 1.56 bits per heavy atom. The van der Waals surface area contributed by atoms with E-state index in [1.54, 1.807) is 13.2 Å². The first-order valence-electron chi connectivity index (χ1n) is 5.67. The molecular weight excluding hydrogens is 230 g/mol. The number of esters is 1. The molecule has 1 aromatic heterocycles. The lowest BCUT2D eigenvalue weighted by molar-refractivity contribution is 0.0600. The smallest absolute Gasteiger partial charge is 0.339 e. The van der Waals surface area contributed by atoms with Crippen LogP contribution in [0.3, 0.4) is 0 Å². The van der Waals surface area contributed by atoms with Crippen molar-refractivity contribution in [1.82, 2.24) is 9.88 Å². The predicted molar refractivity (Wildman–Crippen MR) is 71.2 cm³/mol. The molecule has 98 valence electrons. The number of ether oxygens (including phenoxy) is 1. The standard InChI is InChI=1S/C13H19N3O2/c1-9-5-12(13(17)18-4)10(2)16(9)8-11(6-14)7-15-3/h5-7,14-15H,8H2,1-4H3/b11-7+,14-6?. The van der Waals surface area contributed by atoms with Crippen LogP contribution in [-0.4, -0.2) is 30.9 Å². The van der Waals surface area contributed by atoms with Crippen molar-refractivity contribution in [3.63, 3.8) is 0 Å². The average molecular weight is 249 g/mol. The number of hydrogen-bond donors (Lipinski definition) is 2. The summed E-state index contributed by atoms with van der Waals surface area (Å²) in [5.74, 6) is -0.330. The van der Waals surface area contributed by atoms with Crippen molar-refractivity contribution in [2.24, 2.45) is 0 Å². The number of hydrogen-bond acceptors (Lipinski definition) is 4. The van der Waals surface area contributed by atoms with Gasteiger partial charge in [0.2, 0.25) is 0 Å². The Bertz CT molecular complexity index is 487. The van der Waals surface area contributed by atoms with Gasteiger partial charge in [-0.25, -0.2) is 4.79 Å². The number of allylic oxidation sites excluding steroid dienone is 1. The zero-order valence-corrected chi connectivity index (χ0v) is 11.2. The van der Waals surface area contributed by atoms with Gasteiger partial charge >= 0.3 is 5.97 Å². The molecule has 0 unspecified atom stereocenters. The Hall–Kier alpha value is -2.04. The van der Waals surface area contributed by atoms with Crippen LogP contribution >= 0.6 is 0 Å². The van der Waals surface area contributed by atoms with Crippen molar-refractivity contribution >= 4 is 12.2 Å². The van der Waals surface area contributed by atoms with Crippen LogP contribution in [0.1, 0.15) is 21.7 Å². The third kappa shape index (κ3) is 2.80. The summed E-state index contributed by atoms with van der Waals surface area (Å²) in [6.07, 6.45) is 3.07. The molecule has 0 aliphatic carbocycles. The van der Waals surface area contributed by atoms with Crippen molar-refractivity contribution < 1.29 is 9.53 Å². The Morgan fingerprint density at radius 3 is 2.72 bits per heavy atom. The number of nitrogens with one attached hydrogen (secondary N) is 2. The first-order valence-corrected chi connectivity index (χ1v) is 5.67. The minimum absolute atomic E-state index is 0.330. The second-order valence-electron chi connectivity index (χ2n) is 4.01. The summed E-state index contributed by atoms with van der Waals surface area (Å²) < 4.78 is 6.73. The molecule has 5 nitrogen and oxygen atoms in total. The molecular formula is C13H19N3O2. The van der Waals surface area contributed by atoms with Crippen LogP contribution in [-0.2, 0) is 11.3 Å². The van der Waals surface area contributed by atoms with Gasteiger partial charge in [0.05, 0.1) is 19.2 Å². The molecule has 1 aromatic rings. The van der Waals surface area contributed by atoms with Crippen molar-refractivity contribution in [1.29, 1.82) is 5.41 Å². The van der Waals surface area contributed by atoms with Crippen molar-refractivity contribution in [3.05, 3.63) is 34.8 Å². The maximum Gasteiger partial charge on any atom is 0.339 e. The topological polar surface area (TPSA) is 67.1 Å². The molecule has 0 radical (unpaired) electrons. The zero-order valence-electron chi connectivity index (χ0n) is 11.2. The predicted octanol–water partition coefficient (Wildman–Crippen LogP) is 1.64. The van der Waals surface area contributed by atoms with E-state index in [1.165, 1.54) is 13.3 Å². The molecule has 0 atom stereocenters. The molecule has 1 rings (SSSR count). The molecule has 18 heavy (non-hydrogen) atoms. The highest BCUT2D eigenvalue weighted by Crippen LogP contribution is 2.17. The molecule has 0 aliphatic rings. The van der Waals surface area contributed by atoms with E-state index in [4.69, 9.17) is 10.1 Å². The number of aryl methyl sites for hydroxylation is 1. The molecule has 5 heteroatoms. The lowest BCUT2D eigenvalue weighted by Crippen LogP contribution is -2.10. The van der Waals surface area contributed by atoms with Gasteiger partial charge in [0, 0.05) is 36.4 Å². The van der Waals surface area contributed by atoms with E-state index in [0.717, 1.165) is 17.0 Å². The molecule has 0 aromatic carbocycles. The Labute approximate surface area is 107 Å². The van der Waals surface area contributed by atoms with Gasteiger partial charge < -0.3 is 20.0 Å². The maximum absolute atomic E-state index is 11.6. The summed E-state index contributed by atoms with van der Waals surface area (Å²) in [5.41, 5.74) is 3.22. The Kier molecular flexibility index (Phi) is 4.71. The van der Waals surface area contributed by atoms with Gasteiger partial charge in [0.1, 0.15) is 0 Å². The monoisotopic (exact) mass is 249 g/mol. The van der Waals surface area contributed by atoms with Gasteiger partial charge in [-0.2, -0.15) is 0 Å². The van der Waals surface area contributed by atoms with Crippen LogP contribution in [0.2, 0.25) is 0 Å². The second kappa shape index (κ2) is 6.05. The van der Waals surface area contributed by atoms with E-state index in [9.17, 15) is 4.79 Å². The third-order valence-electron chi connectivity index (χ3n) is 2.83. The van der Waals surface area contributed by atoms with E-state index in [-0.39, 0.29) is 5.97 Å². The highest BCUT2D eigenvalue weighted by Gasteiger charge is 2.16. The van der Waals surface area contributed by atoms with Gasteiger partial charge in [-0.1, -0.05) is 0 Å². The van der Waals surface area contributed by atoms with Crippen LogP contribution in [0.25, 0.3) is 0 Å². The van der Waals surface area contributed by atoms with E-state index in [2.05, 4.69) is 5.32 Å². The fraction of sp³-hybridized carbons (Fsp3) is 0.385. The summed E-state index contributed by atoms with van der Waals surface area (Å²) >= 11 is 0. The minimum Gasteiger partial charge on any atom is -0.465 e. The summed E-state index contributed by atoms with van der Waals surface area (Å²) in [6, 6.07) is 1.81. The van der Waals surface area contributed by atoms with E-state index < -0.39 is 0 Å². The fourth-order valence-corrected chi connectivity index (χ4v) is 1.86. The van der Waals surface area contributed by atoms with Crippen LogP contribution in [0.5, 0.6) is 0 Å². The first-order chi connectivity index (χ1) is 8.54. The van der Waals surface area contributed by atoms with Crippen molar-refractivity contribution in [3.8, 4) is 0 Å². The SMILES string of the molecule is CN/C=C(\C=N)Cn1c(C)cc(C(=O)OC)c1C. The van der Waals surface area contributed by atoms with Gasteiger partial charge in [0.15, 0.2) is 0 Å². The highest BCUT2D eigenvalue weighted by atomic mass is 16.5. The number of nitrogens with zero attached hydrogens (tertiary/aromatic N) is 1. The van der Waals surface area contributed by atoms with Crippen LogP contribution in [0.15, 0.2) is 17.8 Å². The summed E-state index contributed by atoms with van der Waals surface area (Å²) in [4.78, 5) is 11.6. The van der Waals surface area contributed by atoms with E-state index in [0.29, 0.717) is 12.1 Å². The Morgan fingerprint density at radius 2 is 2.22 bits per heavy atom. The van der Waals surface area contributed by atoms with Gasteiger partial charge in [-0.3, -0.25) is 0 Å². The van der Waals surface area contributed by atoms with Gasteiger partial charge in [-0.15, -0.1) is 0 Å². The maximum atomic E-state index is 11.6. The average Bonchev–Trinajstić information content (AvgIpc) is 2.64. The number of carbonyl (C=O) groups is 1. The molecule has 1 heterocycles. The van der Waals surface area contributed by atoms with Crippen molar-refractivity contribution in [2.45, 2.75) is 20.4 Å². The molecule has 0 fully saturated rings. The number of aromatic nitrogens is 1. The van der Waals surface area contributed by atoms with Crippen molar-refractivity contribution in [2.75, 3.05) is 14.2 Å². The van der Waals surface area contributed by atoms with Gasteiger partial charge in [-0.05, 0) is 19.9 Å². The molecule has 0 saturated heterocycles. The molecule has 0 amide bonds. The summed E-state index contributed by atoms with van der Waals surface area (Å²) in [6.45, 7) is 4.36. The normalized spacial score (nSPS) is 11.2. The van der Waals surface area contributed by atoms with E-state index >= 15 is 0 Å². The Balaban J connectivity index is 3.11. The fourth-order valence-electron chi connectivity index (χ4n) is 1.86. The van der Waals surface area contributed by atoms with E-state index in [1.807, 2.05) is 24.5 Å². The molecule has 0 saturated carbocycles. The first kappa shape index (κ1) is 14.0. The lowest BCUT2D eigenvalue weighted by Gasteiger charge is -2.10. The second-order valence-corrected chi connectivity index (χ2v) is 4.01. The number of carbonyl (C=O) groups excluding carboxylic acids is 1. The summed E-state index contributed by atoms with van der Waals surface area (Å²) in [7, 11) is 3.16. The highest BCUT2D eigenvalue weighted by molar-refractivity contribution is 5.91. The van der Waals surface area contributed by atoms with Crippen LogP contribution < -0.4 is 5.32 Å². The summed E-state index contributed by atoms with van der Waals surface area (Å²) in [5, 5.41) is 10.2. The molecule has 0 spiro atoms. The number of methoxy groups -OCH3 is 1. The van der Waals surface area contributed by atoms with Crippen LogP contribution in [0.4, 0.5) is 0 Å². The largest absolute Gasteiger partial charge is 0.465 e. The zero-order chi connectivity index (χ0) is 13.7. The van der Waals surface area contributed by atoms with Gasteiger partial charge in [0.25, 0.3) is 0 Å². The third-order valence-corrected chi connectivity index (χ3v) is 2.83. The van der Waals surface area contributed by atoms with Crippen LogP contribution in [0, 0.1) is 19.3 Å². The minimum atomic E-state index is -0.330. The molecule has 0 bridgehead atoms. The molecule has 2 N–H and O–H groups in total. The number of rotatable bonds is 5.